The second-order valence-electron chi connectivity index (χ2n) is 6.79. The Kier molecular flexibility index (Phi) is 11.7. The van der Waals surface area contributed by atoms with E-state index in [2.05, 4.69) is 40.0 Å². The Morgan fingerprint density at radius 1 is 1.25 bits per heavy atom. The van der Waals surface area contributed by atoms with Gasteiger partial charge in [-0.05, 0) is 31.9 Å². The Balaban J connectivity index is 2.49. The predicted octanol–water partition coefficient (Wildman–Crippen LogP) is 2.38. The van der Waals surface area contributed by atoms with Gasteiger partial charge in [0.25, 0.3) is 0 Å². The fraction of sp³-hybridized carbons (Fsp3) is 0.619. The average molecular weight is 393 g/mol. The first-order valence-corrected chi connectivity index (χ1v) is 9.95. The molecule has 1 amide bonds. The summed E-state index contributed by atoms with van der Waals surface area (Å²) in [5.74, 6) is 1.57. The quantitative estimate of drug-likeness (QED) is 0.289. The predicted molar refractivity (Wildman–Crippen MR) is 114 cm³/mol. The Labute approximate surface area is 169 Å². The van der Waals surface area contributed by atoms with Crippen LogP contribution in [0.4, 0.5) is 0 Å². The van der Waals surface area contributed by atoms with E-state index < -0.39 is 0 Å². The molecule has 0 bridgehead atoms. The SMILES string of the molecule is CCC(C)NC(=O)CCNC(=NC)NCc1ccc(C)cc1OCCCOC. The van der Waals surface area contributed by atoms with Crippen molar-refractivity contribution >= 4 is 11.9 Å². The van der Waals surface area contributed by atoms with Crippen LogP contribution in [0, 0.1) is 6.92 Å². The summed E-state index contributed by atoms with van der Waals surface area (Å²) < 4.78 is 11.0. The van der Waals surface area contributed by atoms with Crippen molar-refractivity contribution in [2.24, 2.45) is 4.99 Å². The molecule has 1 aromatic rings. The van der Waals surface area contributed by atoms with E-state index in [1.54, 1.807) is 14.2 Å². The van der Waals surface area contributed by atoms with Crippen LogP contribution < -0.4 is 20.7 Å². The first-order valence-electron chi connectivity index (χ1n) is 9.95. The molecule has 0 radical (unpaired) electrons. The second-order valence-corrected chi connectivity index (χ2v) is 6.79. The molecular formula is C21H36N4O3. The minimum atomic E-state index is 0.0441. The molecule has 28 heavy (non-hydrogen) atoms. The van der Waals surface area contributed by atoms with Crippen molar-refractivity contribution in [3.8, 4) is 5.75 Å². The molecule has 0 aliphatic rings. The van der Waals surface area contributed by atoms with Crippen molar-refractivity contribution in [2.45, 2.75) is 52.6 Å². The molecule has 1 aromatic carbocycles. The molecule has 0 spiro atoms. The molecule has 1 unspecified atom stereocenters. The maximum absolute atomic E-state index is 11.8. The Morgan fingerprint density at radius 2 is 2.04 bits per heavy atom. The van der Waals surface area contributed by atoms with E-state index in [4.69, 9.17) is 9.47 Å². The lowest BCUT2D eigenvalue weighted by molar-refractivity contribution is -0.121. The van der Waals surface area contributed by atoms with Crippen LogP contribution in [0.25, 0.3) is 0 Å². The van der Waals surface area contributed by atoms with Crippen LogP contribution in [0.15, 0.2) is 23.2 Å². The number of nitrogens with one attached hydrogen (secondary N) is 3. The third-order valence-corrected chi connectivity index (χ3v) is 4.31. The number of hydrogen-bond donors (Lipinski definition) is 3. The van der Waals surface area contributed by atoms with Gasteiger partial charge in [-0.15, -0.1) is 0 Å². The number of benzene rings is 1. The van der Waals surface area contributed by atoms with Gasteiger partial charge in [0.2, 0.25) is 5.91 Å². The highest BCUT2D eigenvalue weighted by molar-refractivity contribution is 5.81. The van der Waals surface area contributed by atoms with Gasteiger partial charge < -0.3 is 25.4 Å². The van der Waals surface area contributed by atoms with Crippen molar-refractivity contribution in [3.63, 3.8) is 0 Å². The van der Waals surface area contributed by atoms with E-state index in [0.717, 1.165) is 29.7 Å². The van der Waals surface area contributed by atoms with E-state index in [1.165, 1.54) is 0 Å². The van der Waals surface area contributed by atoms with E-state index in [9.17, 15) is 4.79 Å². The van der Waals surface area contributed by atoms with Gasteiger partial charge in [-0.2, -0.15) is 0 Å². The molecule has 0 saturated heterocycles. The minimum Gasteiger partial charge on any atom is -0.493 e. The summed E-state index contributed by atoms with van der Waals surface area (Å²) >= 11 is 0. The van der Waals surface area contributed by atoms with Crippen molar-refractivity contribution in [2.75, 3.05) is 33.9 Å². The number of hydrogen-bond acceptors (Lipinski definition) is 4. The Bertz CT molecular complexity index is 620. The third-order valence-electron chi connectivity index (χ3n) is 4.31. The standard InChI is InChI=1S/C21H36N4O3/c1-6-17(3)25-20(26)10-11-23-21(22-4)24-15-18-9-8-16(2)14-19(18)28-13-7-12-27-5/h8-9,14,17H,6-7,10-13,15H2,1-5H3,(H,25,26)(H2,22,23,24). The highest BCUT2D eigenvalue weighted by atomic mass is 16.5. The lowest BCUT2D eigenvalue weighted by Gasteiger charge is -2.16. The average Bonchev–Trinajstić information content (AvgIpc) is 2.68. The summed E-state index contributed by atoms with van der Waals surface area (Å²) in [4.78, 5) is 16.1. The van der Waals surface area contributed by atoms with Crippen LogP contribution >= 0.6 is 0 Å². The van der Waals surface area contributed by atoms with Crippen LogP contribution in [0.1, 0.15) is 44.2 Å². The van der Waals surface area contributed by atoms with Gasteiger partial charge in [-0.1, -0.05) is 19.1 Å². The molecule has 0 aliphatic carbocycles. The molecule has 1 atom stereocenters. The van der Waals surface area contributed by atoms with Crippen molar-refractivity contribution in [3.05, 3.63) is 29.3 Å². The first-order chi connectivity index (χ1) is 13.5. The lowest BCUT2D eigenvalue weighted by atomic mass is 10.1. The molecule has 1 rings (SSSR count). The smallest absolute Gasteiger partial charge is 0.221 e. The number of ether oxygens (including phenoxy) is 2. The summed E-state index contributed by atoms with van der Waals surface area (Å²) in [6.45, 7) is 8.50. The first kappa shape index (κ1) is 23.8. The van der Waals surface area contributed by atoms with Crippen LogP contribution in [0.2, 0.25) is 0 Å². The third kappa shape index (κ3) is 9.60. The number of carbonyl (C=O) groups is 1. The number of carbonyl (C=O) groups excluding carboxylic acids is 1. The highest BCUT2D eigenvalue weighted by Crippen LogP contribution is 2.20. The van der Waals surface area contributed by atoms with Crippen molar-refractivity contribution < 1.29 is 14.3 Å². The summed E-state index contributed by atoms with van der Waals surface area (Å²) in [6.07, 6.45) is 2.18. The molecule has 7 heteroatoms. The van der Waals surface area contributed by atoms with Crippen molar-refractivity contribution in [1.82, 2.24) is 16.0 Å². The fourth-order valence-corrected chi connectivity index (χ4v) is 2.47. The number of nitrogens with zero attached hydrogens (tertiary/aromatic N) is 1. The minimum absolute atomic E-state index is 0.0441. The molecule has 3 N–H and O–H groups in total. The second kappa shape index (κ2) is 13.8. The van der Waals surface area contributed by atoms with E-state index >= 15 is 0 Å². The maximum Gasteiger partial charge on any atom is 0.221 e. The number of aryl methyl sites for hydroxylation is 1. The van der Waals surface area contributed by atoms with Gasteiger partial charge >= 0.3 is 0 Å². The molecule has 0 aromatic heterocycles. The van der Waals surface area contributed by atoms with Crippen LogP contribution in [0.3, 0.4) is 0 Å². The number of rotatable bonds is 12. The van der Waals surface area contributed by atoms with Gasteiger partial charge in [0.15, 0.2) is 5.96 Å². The molecule has 7 nitrogen and oxygen atoms in total. The highest BCUT2D eigenvalue weighted by Gasteiger charge is 2.08. The summed E-state index contributed by atoms with van der Waals surface area (Å²) in [5.41, 5.74) is 2.21. The summed E-state index contributed by atoms with van der Waals surface area (Å²) in [6, 6.07) is 6.36. The summed E-state index contributed by atoms with van der Waals surface area (Å²) in [5, 5.41) is 9.40. The Hall–Kier alpha value is -2.28. The number of aliphatic imine (C=N–C) groups is 1. The van der Waals surface area contributed by atoms with Crippen molar-refractivity contribution in [1.29, 1.82) is 0 Å². The van der Waals surface area contributed by atoms with Gasteiger partial charge in [0.05, 0.1) is 6.61 Å². The zero-order valence-electron chi connectivity index (χ0n) is 17.9. The monoisotopic (exact) mass is 392 g/mol. The molecule has 0 aliphatic heterocycles. The van der Waals surface area contributed by atoms with Crippen LogP contribution in [-0.2, 0) is 16.1 Å². The molecule has 0 heterocycles. The largest absolute Gasteiger partial charge is 0.493 e. The fourth-order valence-electron chi connectivity index (χ4n) is 2.47. The number of methoxy groups -OCH3 is 1. The normalized spacial score (nSPS) is 12.4. The molecule has 0 saturated carbocycles. The van der Waals surface area contributed by atoms with Gasteiger partial charge in [-0.25, -0.2) is 0 Å². The van der Waals surface area contributed by atoms with Gasteiger partial charge in [0.1, 0.15) is 5.75 Å². The maximum atomic E-state index is 11.8. The Morgan fingerprint density at radius 3 is 2.71 bits per heavy atom. The van der Waals surface area contributed by atoms with Crippen LogP contribution in [0.5, 0.6) is 5.75 Å². The molecule has 158 valence electrons. The molecular weight excluding hydrogens is 356 g/mol. The van der Waals surface area contributed by atoms with E-state index in [1.807, 2.05) is 19.9 Å². The number of amides is 1. The zero-order chi connectivity index (χ0) is 20.8. The van der Waals surface area contributed by atoms with Crippen LogP contribution in [-0.4, -0.2) is 51.8 Å². The van der Waals surface area contributed by atoms with Gasteiger partial charge in [-0.3, -0.25) is 9.79 Å². The van der Waals surface area contributed by atoms with Gasteiger partial charge in [0, 0.05) is 58.3 Å². The number of guanidine groups is 1. The topological polar surface area (TPSA) is 84.0 Å². The van der Waals surface area contributed by atoms with E-state index in [-0.39, 0.29) is 11.9 Å². The molecule has 0 fully saturated rings. The summed E-state index contributed by atoms with van der Waals surface area (Å²) in [7, 11) is 3.40. The lowest BCUT2D eigenvalue weighted by Crippen LogP contribution is -2.40. The zero-order valence-corrected chi connectivity index (χ0v) is 17.9. The van der Waals surface area contributed by atoms with E-state index in [0.29, 0.717) is 38.7 Å².